The number of hydrogen-bond donors (Lipinski definition) is 0. The molecular weight excluding hydrogens is 716 g/mol. The van der Waals surface area contributed by atoms with Crippen LogP contribution in [0.2, 0.25) is 0 Å². The third-order valence-corrected chi connectivity index (χ3v) is 4.87. The van der Waals surface area contributed by atoms with Gasteiger partial charge in [0.2, 0.25) is 0 Å². The fourth-order valence-electron chi connectivity index (χ4n) is 3.14. The first-order valence-corrected chi connectivity index (χ1v) is 13.0. The maximum absolute atomic E-state index is 12.5. The summed E-state index contributed by atoms with van der Waals surface area (Å²) in [4.78, 5) is 0. The molecule has 0 aliphatic rings. The molecule has 0 aliphatic heterocycles. The van der Waals surface area contributed by atoms with Crippen LogP contribution in [-0.2, 0) is 10.8 Å². The van der Waals surface area contributed by atoms with Gasteiger partial charge in [0, 0.05) is 48.9 Å². The van der Waals surface area contributed by atoms with Crippen LogP contribution in [0.25, 0.3) is 11.1 Å². The molecule has 12 radical (unpaired) electrons. The van der Waals surface area contributed by atoms with Crippen molar-refractivity contribution in [3.05, 3.63) is 75.9 Å². The second-order valence-electron chi connectivity index (χ2n) is 9.01. The number of hydrogen-bond acceptors (Lipinski definition) is 4. The molecular formula is C34H56O4Sb2-4. The van der Waals surface area contributed by atoms with Gasteiger partial charge in [0.15, 0.2) is 0 Å². The summed E-state index contributed by atoms with van der Waals surface area (Å²) >= 11 is 0. The molecule has 0 aromatic heterocycles. The smallest absolute Gasteiger partial charge is 0 e. The van der Waals surface area contributed by atoms with Crippen molar-refractivity contribution in [3.8, 4) is 34.1 Å². The van der Waals surface area contributed by atoms with Gasteiger partial charge in [-0.05, 0) is 35.8 Å². The predicted molar refractivity (Wildman–Crippen MR) is 174 cm³/mol. The summed E-state index contributed by atoms with van der Waals surface area (Å²) in [5, 5.41) is 49.9. The molecule has 0 heterocycles. The number of rotatable bonds is 1. The van der Waals surface area contributed by atoms with E-state index in [9.17, 15) is 20.4 Å². The van der Waals surface area contributed by atoms with E-state index in [-0.39, 0.29) is 48.9 Å². The van der Waals surface area contributed by atoms with E-state index < -0.39 is 33.8 Å². The third kappa shape index (κ3) is 16.1. The van der Waals surface area contributed by atoms with E-state index in [1.807, 2.05) is 41.5 Å². The van der Waals surface area contributed by atoms with E-state index >= 15 is 0 Å². The Kier molecular flexibility index (Phi) is 39.2. The van der Waals surface area contributed by atoms with Crippen LogP contribution in [0.15, 0.2) is 12.1 Å². The monoisotopic (exact) mass is 770 g/mol. The topological polar surface area (TPSA) is 92.2 Å². The van der Waals surface area contributed by atoms with Crippen LogP contribution in [0.4, 0.5) is 0 Å². The standard InChI is InChI=1S/C22H30O4.6C2H5.2Sb/c1-11-13(9-15(21(3,4)5)19(25)17(11)23)14-10-16(22(6,7)8)20(26)18(24)12(14)2;6*1-2;;/h9-10,23-26H,1-8H3;6*1H2,2H3;;/p-4. The van der Waals surface area contributed by atoms with Crippen LogP contribution < -0.4 is 20.4 Å². The molecule has 0 saturated heterocycles. The van der Waals surface area contributed by atoms with Gasteiger partial charge >= 0.3 is 0 Å². The Morgan fingerprint density at radius 2 is 0.600 bits per heavy atom. The molecule has 0 bridgehead atoms. The van der Waals surface area contributed by atoms with Gasteiger partial charge in [-0.1, -0.05) is 159 Å². The summed E-state index contributed by atoms with van der Waals surface area (Å²) in [6.07, 6.45) is 0. The van der Waals surface area contributed by atoms with E-state index in [1.165, 1.54) is 0 Å². The van der Waals surface area contributed by atoms with Gasteiger partial charge in [-0.2, -0.15) is 0 Å². The Bertz CT molecular complexity index is 806. The van der Waals surface area contributed by atoms with Gasteiger partial charge in [-0.15, -0.1) is 23.0 Å². The molecule has 230 valence electrons. The average molecular weight is 772 g/mol. The normalized spacial score (nSPS) is 9.00. The van der Waals surface area contributed by atoms with Gasteiger partial charge in [0.25, 0.3) is 0 Å². The summed E-state index contributed by atoms with van der Waals surface area (Å²) in [6, 6.07) is 3.41. The molecule has 0 spiro atoms. The largest absolute Gasteiger partial charge is 0.873 e. The molecule has 2 aromatic rings. The van der Waals surface area contributed by atoms with Crippen LogP contribution in [0.3, 0.4) is 0 Å². The Morgan fingerprint density at radius 3 is 0.750 bits per heavy atom. The molecule has 0 saturated carbocycles. The van der Waals surface area contributed by atoms with E-state index in [4.69, 9.17) is 0 Å². The van der Waals surface area contributed by atoms with E-state index in [2.05, 4.69) is 41.5 Å². The molecule has 0 fully saturated rings. The first kappa shape index (κ1) is 55.2. The van der Waals surface area contributed by atoms with Crippen molar-refractivity contribution >= 4 is 48.9 Å². The Hall–Kier alpha value is -0.724. The molecule has 0 N–H and O–H groups in total. The Balaban J connectivity index is -0.000000138. The third-order valence-electron chi connectivity index (χ3n) is 4.87. The summed E-state index contributed by atoms with van der Waals surface area (Å²) < 4.78 is 0. The second-order valence-corrected chi connectivity index (χ2v) is 9.01. The van der Waals surface area contributed by atoms with Gasteiger partial charge in [0.1, 0.15) is 0 Å². The number of benzene rings is 2. The molecule has 0 unspecified atom stereocenters. The SMILES string of the molecule is Cc1c(-c2cc(C(C)(C)C)c([O-])c([O-])c2C)cc(C(C)(C)C)c([O-])c1[O-].[CH2]C.[CH2]C.[CH2]C.[CH2]C.[CH2]C.[CH2]C.[Sb].[Sb]. The van der Waals surface area contributed by atoms with E-state index in [0.29, 0.717) is 33.4 Å². The van der Waals surface area contributed by atoms with Gasteiger partial charge < -0.3 is 20.4 Å². The van der Waals surface area contributed by atoms with Crippen molar-refractivity contribution in [2.45, 2.75) is 108 Å². The summed E-state index contributed by atoms with van der Waals surface area (Å²) in [5.41, 5.74) is 1.56. The fraction of sp³-hybridized carbons (Fsp3) is 0.471. The van der Waals surface area contributed by atoms with Crippen LogP contribution >= 0.6 is 0 Å². The van der Waals surface area contributed by atoms with Crippen molar-refractivity contribution in [2.24, 2.45) is 0 Å². The zero-order chi connectivity index (χ0) is 32.2. The van der Waals surface area contributed by atoms with Gasteiger partial charge in [-0.3, -0.25) is 0 Å². The van der Waals surface area contributed by atoms with E-state index in [1.54, 1.807) is 67.5 Å². The Morgan fingerprint density at radius 1 is 0.425 bits per heavy atom. The maximum atomic E-state index is 12.5. The minimum absolute atomic E-state index is 0. The zero-order valence-corrected chi connectivity index (χ0v) is 33.0. The van der Waals surface area contributed by atoms with Crippen LogP contribution in [0.5, 0.6) is 23.0 Å². The predicted octanol–water partition coefficient (Wildman–Crippen LogP) is 7.14. The minimum Gasteiger partial charge on any atom is -0.873 e. The quantitative estimate of drug-likeness (QED) is 0.289. The van der Waals surface area contributed by atoms with Crippen LogP contribution in [0.1, 0.15) is 105 Å². The van der Waals surface area contributed by atoms with Gasteiger partial charge in [-0.25, -0.2) is 0 Å². The molecule has 0 atom stereocenters. The van der Waals surface area contributed by atoms with Crippen molar-refractivity contribution in [1.82, 2.24) is 0 Å². The minimum atomic E-state index is -0.553. The van der Waals surface area contributed by atoms with Crippen molar-refractivity contribution in [1.29, 1.82) is 0 Å². The summed E-state index contributed by atoms with van der Waals surface area (Å²) in [6.45, 7) is 44.4. The van der Waals surface area contributed by atoms with Crippen molar-refractivity contribution in [3.63, 3.8) is 0 Å². The first-order valence-electron chi connectivity index (χ1n) is 13.0. The molecule has 0 aliphatic carbocycles. The van der Waals surface area contributed by atoms with Crippen molar-refractivity contribution < 1.29 is 20.4 Å². The summed E-state index contributed by atoms with van der Waals surface area (Å²) in [7, 11) is 0. The molecule has 4 nitrogen and oxygen atoms in total. The fourth-order valence-corrected chi connectivity index (χ4v) is 3.14. The molecule has 2 aromatic carbocycles. The maximum Gasteiger partial charge on any atom is 0 e. The zero-order valence-electron chi connectivity index (χ0n) is 27.9. The molecule has 2 rings (SSSR count). The second kappa shape index (κ2) is 28.4. The van der Waals surface area contributed by atoms with Crippen molar-refractivity contribution in [2.75, 3.05) is 0 Å². The first-order chi connectivity index (χ1) is 17.7. The van der Waals surface area contributed by atoms with Crippen LogP contribution in [0, 0.1) is 55.4 Å². The molecule has 40 heavy (non-hydrogen) atoms. The summed E-state index contributed by atoms with van der Waals surface area (Å²) in [5.74, 6) is -2.11. The van der Waals surface area contributed by atoms with Crippen LogP contribution in [-0.4, -0.2) is 48.9 Å². The van der Waals surface area contributed by atoms with E-state index in [0.717, 1.165) is 0 Å². The molecule has 0 amide bonds. The molecule has 6 heteroatoms. The van der Waals surface area contributed by atoms with Gasteiger partial charge in [0.05, 0.1) is 0 Å². The average Bonchev–Trinajstić information content (AvgIpc) is 2.92. The Labute approximate surface area is 285 Å².